The lowest BCUT2D eigenvalue weighted by Crippen LogP contribution is -2.45. The van der Waals surface area contributed by atoms with Crippen molar-refractivity contribution >= 4 is 11.4 Å². The van der Waals surface area contributed by atoms with E-state index in [-0.39, 0.29) is 6.23 Å². The Bertz CT molecular complexity index is 1320. The number of pyridine rings is 1. The van der Waals surface area contributed by atoms with Gasteiger partial charge in [-0.15, -0.1) is 0 Å². The highest BCUT2D eigenvalue weighted by Crippen LogP contribution is 2.37. The van der Waals surface area contributed by atoms with Crippen LogP contribution in [0.5, 0.6) is 11.5 Å². The first-order valence-electron chi connectivity index (χ1n) is 13.5. The first kappa shape index (κ1) is 25.4. The molecule has 1 unspecified atom stereocenters. The van der Waals surface area contributed by atoms with E-state index in [4.69, 9.17) is 14.2 Å². The van der Waals surface area contributed by atoms with E-state index in [1.54, 1.807) is 7.11 Å². The number of benzene rings is 2. The maximum absolute atomic E-state index is 5.90. The van der Waals surface area contributed by atoms with Crippen LogP contribution in [-0.2, 0) is 17.8 Å². The summed E-state index contributed by atoms with van der Waals surface area (Å²) in [6.45, 7) is 7.36. The number of ether oxygens (including phenoxy) is 3. The number of piperazine rings is 1. The van der Waals surface area contributed by atoms with Crippen molar-refractivity contribution in [2.75, 3.05) is 51.8 Å². The molecule has 0 spiro atoms. The fourth-order valence-corrected chi connectivity index (χ4v) is 5.25. The number of allylic oxidation sites excluding steroid dienone is 2. The number of dihydropyridines is 1. The molecule has 2 N–H and O–H groups in total. The molecule has 1 aromatic heterocycles. The standard InChI is InChI=1S/C31H35N5O3/c1-37-31-28(12-11-27(34-31)26-5-2-6-29-30(26)39-19-18-38-29)33-25-9-7-23(8-10-25)21-35-14-16-36(17-15-35)22-24-4-3-13-32-20-24/h2-13,20,31,33-34H,14-19,21-22H2,1H3. The zero-order chi connectivity index (χ0) is 26.4. The summed E-state index contributed by atoms with van der Waals surface area (Å²) >= 11 is 0. The smallest absolute Gasteiger partial charge is 0.170 e. The molecule has 1 atom stereocenters. The van der Waals surface area contributed by atoms with Crippen molar-refractivity contribution in [2.45, 2.75) is 19.3 Å². The molecule has 3 aliphatic rings. The average Bonchev–Trinajstić information content (AvgIpc) is 2.99. The van der Waals surface area contributed by atoms with Crippen molar-refractivity contribution < 1.29 is 14.2 Å². The minimum Gasteiger partial charge on any atom is -0.486 e. The van der Waals surface area contributed by atoms with E-state index in [0.29, 0.717) is 13.2 Å². The maximum atomic E-state index is 5.90. The molecule has 0 bridgehead atoms. The lowest BCUT2D eigenvalue weighted by atomic mass is 10.1. The van der Waals surface area contributed by atoms with Crippen molar-refractivity contribution in [3.63, 3.8) is 0 Å². The fraction of sp³-hybridized carbons (Fsp3) is 0.323. The van der Waals surface area contributed by atoms with E-state index in [1.165, 1.54) is 11.1 Å². The normalized spacial score (nSPS) is 19.6. The van der Waals surface area contributed by atoms with Gasteiger partial charge in [-0.25, -0.2) is 0 Å². The molecule has 0 aliphatic carbocycles. The van der Waals surface area contributed by atoms with Gasteiger partial charge in [-0.1, -0.05) is 24.3 Å². The molecular formula is C31H35N5O3. The Labute approximate surface area is 229 Å². The van der Waals surface area contributed by atoms with Crippen LogP contribution in [0.3, 0.4) is 0 Å². The van der Waals surface area contributed by atoms with Crippen LogP contribution < -0.4 is 20.1 Å². The summed E-state index contributed by atoms with van der Waals surface area (Å²) in [5, 5.41) is 7.01. The summed E-state index contributed by atoms with van der Waals surface area (Å²) in [6, 6.07) is 18.8. The zero-order valence-corrected chi connectivity index (χ0v) is 22.3. The number of fused-ring (bicyclic) bond motifs is 1. The zero-order valence-electron chi connectivity index (χ0n) is 22.3. The van der Waals surface area contributed by atoms with E-state index in [0.717, 1.165) is 73.4 Å². The summed E-state index contributed by atoms with van der Waals surface area (Å²) in [5.41, 5.74) is 6.47. The van der Waals surface area contributed by atoms with Crippen molar-refractivity contribution in [2.24, 2.45) is 0 Å². The van der Waals surface area contributed by atoms with Gasteiger partial charge in [-0.3, -0.25) is 14.8 Å². The molecular weight excluding hydrogens is 490 g/mol. The van der Waals surface area contributed by atoms with Gasteiger partial charge in [0.15, 0.2) is 17.7 Å². The Morgan fingerprint density at radius 1 is 0.897 bits per heavy atom. The molecule has 1 saturated heterocycles. The highest BCUT2D eigenvalue weighted by molar-refractivity contribution is 5.75. The van der Waals surface area contributed by atoms with Gasteiger partial charge in [0.2, 0.25) is 0 Å². The topological polar surface area (TPSA) is 71.1 Å². The van der Waals surface area contributed by atoms with Crippen LogP contribution >= 0.6 is 0 Å². The molecule has 2 aromatic carbocycles. The lowest BCUT2D eigenvalue weighted by molar-refractivity contribution is 0.117. The molecule has 202 valence electrons. The number of para-hydroxylation sites is 1. The van der Waals surface area contributed by atoms with Gasteiger partial charge in [-0.2, -0.15) is 0 Å². The Morgan fingerprint density at radius 3 is 2.41 bits per heavy atom. The summed E-state index contributed by atoms with van der Waals surface area (Å²) in [4.78, 5) is 9.27. The van der Waals surface area contributed by atoms with E-state index >= 15 is 0 Å². The molecule has 3 aliphatic heterocycles. The molecule has 3 aromatic rings. The number of aromatic nitrogens is 1. The van der Waals surface area contributed by atoms with Crippen LogP contribution in [0.2, 0.25) is 0 Å². The van der Waals surface area contributed by atoms with Gasteiger partial charge >= 0.3 is 0 Å². The second-order valence-corrected chi connectivity index (χ2v) is 10.0. The molecule has 8 heteroatoms. The summed E-state index contributed by atoms with van der Waals surface area (Å²) in [7, 11) is 1.70. The summed E-state index contributed by atoms with van der Waals surface area (Å²) in [6.07, 6.45) is 7.59. The van der Waals surface area contributed by atoms with Gasteiger partial charge in [-0.05, 0) is 53.6 Å². The molecule has 4 heterocycles. The van der Waals surface area contributed by atoms with Gasteiger partial charge in [0.05, 0.1) is 5.70 Å². The SMILES string of the molecule is COC1NC(c2cccc3c2OCCO3)=CC=C1Nc1ccc(CN2CCN(Cc3cccnc3)CC2)cc1. The van der Waals surface area contributed by atoms with Gasteiger partial charge in [0.1, 0.15) is 13.2 Å². The lowest BCUT2D eigenvalue weighted by Gasteiger charge is -2.34. The van der Waals surface area contributed by atoms with E-state index < -0.39 is 0 Å². The third-order valence-electron chi connectivity index (χ3n) is 7.33. The summed E-state index contributed by atoms with van der Waals surface area (Å²) in [5.74, 6) is 1.54. The number of methoxy groups -OCH3 is 1. The third-order valence-corrected chi connectivity index (χ3v) is 7.33. The van der Waals surface area contributed by atoms with Crippen molar-refractivity contribution in [1.82, 2.24) is 20.1 Å². The highest BCUT2D eigenvalue weighted by atomic mass is 16.6. The number of hydrogen-bond acceptors (Lipinski definition) is 8. The van der Waals surface area contributed by atoms with Crippen molar-refractivity contribution in [3.05, 3.63) is 102 Å². The van der Waals surface area contributed by atoms with E-state index in [9.17, 15) is 0 Å². The molecule has 8 nitrogen and oxygen atoms in total. The number of nitrogens with zero attached hydrogens (tertiary/aromatic N) is 3. The van der Waals surface area contributed by atoms with Crippen LogP contribution in [0.25, 0.3) is 5.70 Å². The van der Waals surface area contributed by atoms with Gasteiger partial charge in [0.25, 0.3) is 0 Å². The highest BCUT2D eigenvalue weighted by Gasteiger charge is 2.24. The number of nitrogens with one attached hydrogen (secondary N) is 2. The van der Waals surface area contributed by atoms with Gasteiger partial charge in [0, 0.05) is 75.7 Å². The molecule has 0 radical (unpaired) electrons. The third kappa shape index (κ3) is 6.09. The molecule has 0 amide bonds. The minimum atomic E-state index is -0.312. The predicted molar refractivity (Wildman–Crippen MR) is 152 cm³/mol. The fourth-order valence-electron chi connectivity index (χ4n) is 5.25. The Kier molecular flexibility index (Phi) is 7.76. The van der Waals surface area contributed by atoms with Crippen LogP contribution in [0.15, 0.2) is 84.8 Å². The predicted octanol–water partition coefficient (Wildman–Crippen LogP) is 4.08. The minimum absolute atomic E-state index is 0.312. The Hall–Kier alpha value is -3.85. The van der Waals surface area contributed by atoms with E-state index in [2.05, 4.69) is 61.8 Å². The van der Waals surface area contributed by atoms with E-state index in [1.807, 2.05) is 42.7 Å². The molecule has 6 rings (SSSR count). The number of rotatable bonds is 8. The monoisotopic (exact) mass is 525 g/mol. The van der Waals surface area contributed by atoms with Crippen molar-refractivity contribution in [1.29, 1.82) is 0 Å². The van der Waals surface area contributed by atoms with Crippen molar-refractivity contribution in [3.8, 4) is 11.5 Å². The first-order valence-corrected chi connectivity index (χ1v) is 13.5. The maximum Gasteiger partial charge on any atom is 0.170 e. The largest absolute Gasteiger partial charge is 0.486 e. The average molecular weight is 526 g/mol. The molecule has 39 heavy (non-hydrogen) atoms. The second kappa shape index (κ2) is 11.9. The summed E-state index contributed by atoms with van der Waals surface area (Å²) < 4.78 is 17.4. The van der Waals surface area contributed by atoms with Gasteiger partial charge < -0.3 is 24.8 Å². The van der Waals surface area contributed by atoms with Crippen LogP contribution in [0, 0.1) is 0 Å². The van der Waals surface area contributed by atoms with Crippen LogP contribution in [0.4, 0.5) is 5.69 Å². The number of anilines is 1. The van der Waals surface area contributed by atoms with Crippen LogP contribution in [-0.4, -0.2) is 67.5 Å². The van der Waals surface area contributed by atoms with Crippen LogP contribution in [0.1, 0.15) is 16.7 Å². The number of hydrogen-bond donors (Lipinski definition) is 2. The Balaban J connectivity index is 1.05. The first-order chi connectivity index (χ1) is 19.2. The second-order valence-electron chi connectivity index (χ2n) is 10.0. The Morgan fingerprint density at radius 2 is 1.67 bits per heavy atom. The quantitative estimate of drug-likeness (QED) is 0.456. The molecule has 1 fully saturated rings. The molecule has 0 saturated carbocycles.